The van der Waals surface area contributed by atoms with E-state index >= 15 is 0 Å². The Kier molecular flexibility index (Phi) is 4.23. The molecule has 0 aromatic heterocycles. The van der Waals surface area contributed by atoms with E-state index in [-0.39, 0.29) is 0 Å². The molecular weight excluding hydrogens is 212 g/mol. The van der Waals surface area contributed by atoms with Crippen LogP contribution < -0.4 is 16.4 Å². The number of nitrogen functional groups attached to an aromatic ring is 2. The van der Waals surface area contributed by atoms with Crippen LogP contribution >= 0.6 is 0 Å². The van der Waals surface area contributed by atoms with E-state index in [0.717, 1.165) is 41.1 Å². The Bertz CT molecular complexity index is 368. The lowest BCUT2D eigenvalue weighted by Gasteiger charge is -2.26. The quantitative estimate of drug-likeness (QED) is 0.601. The molecule has 0 aliphatic heterocycles. The minimum absolute atomic E-state index is 0.757. The number of benzene rings is 1. The molecule has 0 heterocycles. The third kappa shape index (κ3) is 4.53. The summed E-state index contributed by atoms with van der Waals surface area (Å²) in [6.45, 7) is 2.13. The highest BCUT2D eigenvalue weighted by molar-refractivity contribution is 5.71. The Labute approximate surface area is 104 Å². The molecule has 0 atom stereocenters. The van der Waals surface area contributed by atoms with Gasteiger partial charge in [-0.25, -0.2) is 0 Å². The maximum Gasteiger partial charge on any atom is 0.0797 e. The van der Waals surface area contributed by atoms with Crippen molar-refractivity contribution in [3.63, 3.8) is 0 Å². The Morgan fingerprint density at radius 2 is 1.82 bits per heavy atom. The molecule has 0 saturated carbocycles. The number of anilines is 3. The molecule has 0 saturated heterocycles. The number of hydrogen-bond acceptors (Lipinski definition) is 3. The third-order valence-electron chi connectivity index (χ3n) is 2.79. The lowest BCUT2D eigenvalue weighted by atomic mass is 10.2. The van der Waals surface area contributed by atoms with Crippen molar-refractivity contribution in [1.82, 2.24) is 0 Å². The fourth-order valence-corrected chi connectivity index (χ4v) is 1.79. The van der Waals surface area contributed by atoms with Crippen molar-refractivity contribution in [2.24, 2.45) is 0 Å². The molecule has 0 aliphatic carbocycles. The Balaban J connectivity index is 2.58. The van der Waals surface area contributed by atoms with Crippen LogP contribution in [-0.2, 0) is 0 Å². The van der Waals surface area contributed by atoms with Gasteiger partial charge < -0.3 is 20.9 Å². The first kappa shape index (κ1) is 13.6. The van der Waals surface area contributed by atoms with E-state index in [1.165, 1.54) is 0 Å². The van der Waals surface area contributed by atoms with Gasteiger partial charge in [-0.15, -0.1) is 0 Å². The minimum atomic E-state index is 0.757. The number of nitrogens with two attached hydrogens (primary N) is 2. The lowest BCUT2D eigenvalue weighted by molar-refractivity contribution is -0.870. The summed E-state index contributed by atoms with van der Waals surface area (Å²) in [6.07, 6.45) is 1.13. The van der Waals surface area contributed by atoms with E-state index in [1.807, 2.05) is 18.2 Å². The average molecular weight is 237 g/mol. The highest BCUT2D eigenvalue weighted by Gasteiger charge is 2.09. The molecule has 17 heavy (non-hydrogen) atoms. The van der Waals surface area contributed by atoms with Gasteiger partial charge in [-0.3, -0.25) is 0 Å². The lowest BCUT2D eigenvalue weighted by Crippen LogP contribution is -2.37. The van der Waals surface area contributed by atoms with E-state index in [1.54, 1.807) is 0 Å². The molecule has 0 bridgehead atoms. The summed E-state index contributed by atoms with van der Waals surface area (Å²) in [7, 11) is 8.67. The SMILES string of the molecule is CN(CCC[N+](C)(C)C)c1cc(N)ccc1N. The average Bonchev–Trinajstić information content (AvgIpc) is 2.19. The maximum absolute atomic E-state index is 5.95. The summed E-state index contributed by atoms with van der Waals surface area (Å²) in [5.41, 5.74) is 14.3. The van der Waals surface area contributed by atoms with E-state index < -0.39 is 0 Å². The van der Waals surface area contributed by atoms with Crippen LogP contribution in [0.5, 0.6) is 0 Å². The monoisotopic (exact) mass is 237 g/mol. The first-order valence-corrected chi connectivity index (χ1v) is 5.96. The Morgan fingerprint density at radius 1 is 1.18 bits per heavy atom. The molecule has 1 aromatic carbocycles. The van der Waals surface area contributed by atoms with E-state index in [0.29, 0.717) is 0 Å². The maximum atomic E-state index is 5.95. The number of hydrogen-bond donors (Lipinski definition) is 2. The Hall–Kier alpha value is -1.42. The van der Waals surface area contributed by atoms with Gasteiger partial charge in [0.05, 0.1) is 39.1 Å². The van der Waals surface area contributed by atoms with Crippen molar-refractivity contribution in [2.45, 2.75) is 6.42 Å². The van der Waals surface area contributed by atoms with Gasteiger partial charge in [0.2, 0.25) is 0 Å². The fourth-order valence-electron chi connectivity index (χ4n) is 1.79. The molecule has 96 valence electrons. The standard InChI is InChI=1S/C13H25N4/c1-16(8-5-9-17(2,3)4)13-10-11(14)6-7-12(13)15/h6-7,10H,5,8-9,14-15H2,1-4H3/q+1. The molecule has 0 fully saturated rings. The van der Waals surface area contributed by atoms with Crippen LogP contribution in [0.15, 0.2) is 18.2 Å². The third-order valence-corrected chi connectivity index (χ3v) is 2.79. The molecule has 4 heteroatoms. The second-order valence-corrected chi connectivity index (χ2v) is 5.61. The molecule has 0 radical (unpaired) electrons. The predicted molar refractivity (Wildman–Crippen MR) is 76.1 cm³/mol. The van der Waals surface area contributed by atoms with Crippen molar-refractivity contribution in [1.29, 1.82) is 0 Å². The predicted octanol–water partition coefficient (Wildman–Crippen LogP) is 1.38. The zero-order valence-corrected chi connectivity index (χ0v) is 11.4. The number of nitrogens with zero attached hydrogens (tertiary/aromatic N) is 2. The summed E-state index contributed by atoms with van der Waals surface area (Å²) in [4.78, 5) is 2.17. The molecule has 4 N–H and O–H groups in total. The first-order chi connectivity index (χ1) is 7.79. The topological polar surface area (TPSA) is 55.3 Å². The molecule has 0 spiro atoms. The summed E-state index contributed by atoms with van der Waals surface area (Å²) >= 11 is 0. The van der Waals surface area contributed by atoms with Crippen molar-refractivity contribution < 1.29 is 4.48 Å². The van der Waals surface area contributed by atoms with Crippen LogP contribution in [0, 0.1) is 0 Å². The molecular formula is C13H25N4+. The van der Waals surface area contributed by atoms with Gasteiger partial charge in [0.15, 0.2) is 0 Å². The second-order valence-electron chi connectivity index (χ2n) is 5.61. The minimum Gasteiger partial charge on any atom is -0.399 e. The summed E-state index contributed by atoms with van der Waals surface area (Å²) in [6, 6.07) is 5.63. The number of rotatable bonds is 5. The summed E-state index contributed by atoms with van der Waals surface area (Å²) in [5, 5.41) is 0. The number of quaternary nitrogens is 1. The van der Waals surface area contributed by atoms with Crippen LogP contribution in [0.3, 0.4) is 0 Å². The molecule has 1 rings (SSSR count). The van der Waals surface area contributed by atoms with Gasteiger partial charge in [-0.2, -0.15) is 0 Å². The highest BCUT2D eigenvalue weighted by Crippen LogP contribution is 2.24. The second kappa shape index (κ2) is 5.27. The van der Waals surface area contributed by atoms with Crippen LogP contribution in [0.1, 0.15) is 6.42 Å². The van der Waals surface area contributed by atoms with Crippen LogP contribution in [0.2, 0.25) is 0 Å². The molecule has 0 aliphatic rings. The van der Waals surface area contributed by atoms with Crippen molar-refractivity contribution in [3.8, 4) is 0 Å². The van der Waals surface area contributed by atoms with Crippen LogP contribution in [0.4, 0.5) is 17.1 Å². The summed E-state index contributed by atoms with van der Waals surface area (Å²) < 4.78 is 0.986. The van der Waals surface area contributed by atoms with Gasteiger partial charge in [-0.05, 0) is 18.2 Å². The van der Waals surface area contributed by atoms with Gasteiger partial charge in [0, 0.05) is 25.7 Å². The van der Waals surface area contributed by atoms with Gasteiger partial charge in [0.1, 0.15) is 0 Å². The van der Waals surface area contributed by atoms with Crippen molar-refractivity contribution in [3.05, 3.63) is 18.2 Å². The highest BCUT2D eigenvalue weighted by atomic mass is 15.3. The molecule has 4 nitrogen and oxygen atoms in total. The molecule has 1 aromatic rings. The zero-order valence-electron chi connectivity index (χ0n) is 11.4. The first-order valence-electron chi connectivity index (χ1n) is 5.96. The van der Waals surface area contributed by atoms with E-state index in [4.69, 9.17) is 11.5 Å². The smallest absolute Gasteiger partial charge is 0.0797 e. The zero-order chi connectivity index (χ0) is 13.1. The van der Waals surface area contributed by atoms with Crippen molar-refractivity contribution in [2.75, 3.05) is 57.6 Å². The molecule has 0 amide bonds. The normalized spacial score (nSPS) is 11.5. The summed E-state index contributed by atoms with van der Waals surface area (Å²) in [5.74, 6) is 0. The molecule has 0 unspecified atom stereocenters. The van der Waals surface area contributed by atoms with E-state index in [9.17, 15) is 0 Å². The van der Waals surface area contributed by atoms with Crippen LogP contribution in [-0.4, -0.2) is 45.8 Å². The van der Waals surface area contributed by atoms with Gasteiger partial charge in [-0.1, -0.05) is 0 Å². The Morgan fingerprint density at radius 3 is 2.41 bits per heavy atom. The fraction of sp³-hybridized carbons (Fsp3) is 0.538. The van der Waals surface area contributed by atoms with Crippen LogP contribution in [0.25, 0.3) is 0 Å². The van der Waals surface area contributed by atoms with Crippen molar-refractivity contribution >= 4 is 17.1 Å². The largest absolute Gasteiger partial charge is 0.399 e. The van der Waals surface area contributed by atoms with Gasteiger partial charge in [0.25, 0.3) is 0 Å². The van der Waals surface area contributed by atoms with E-state index in [2.05, 4.69) is 33.1 Å². The van der Waals surface area contributed by atoms with Gasteiger partial charge >= 0.3 is 0 Å².